The molecule has 0 rings (SSSR count). The number of carbonyl (C=O) groups is 2. The predicted molar refractivity (Wildman–Crippen MR) is 78.0 cm³/mol. The van der Waals surface area contributed by atoms with Gasteiger partial charge < -0.3 is 9.47 Å². The van der Waals surface area contributed by atoms with Crippen LogP contribution in [0.2, 0.25) is 0 Å². The highest BCUT2D eigenvalue weighted by molar-refractivity contribution is 7.84. The number of alkyl halides is 4. The van der Waals surface area contributed by atoms with Crippen LogP contribution in [0.5, 0.6) is 0 Å². The van der Waals surface area contributed by atoms with E-state index in [4.69, 9.17) is 0 Å². The summed E-state index contributed by atoms with van der Waals surface area (Å²) in [4.78, 5) is 23.5. The van der Waals surface area contributed by atoms with E-state index in [1.165, 1.54) is 39.3 Å². The van der Waals surface area contributed by atoms with E-state index in [-0.39, 0.29) is 0 Å². The lowest BCUT2D eigenvalue weighted by molar-refractivity contribution is -0.208. The van der Waals surface area contributed by atoms with Gasteiger partial charge in [0.05, 0.1) is 28.9 Å². The van der Waals surface area contributed by atoms with E-state index in [1.807, 2.05) is 0 Å². The lowest BCUT2D eigenvalue weighted by atomic mass is 9.96. The molecule has 0 aromatic rings. The Balaban J connectivity index is 6.06. The Morgan fingerprint density at radius 2 is 1.38 bits per heavy atom. The second-order valence-electron chi connectivity index (χ2n) is 5.63. The van der Waals surface area contributed by atoms with Crippen molar-refractivity contribution in [3.8, 4) is 0 Å². The third-order valence-electron chi connectivity index (χ3n) is 2.65. The molecule has 0 amide bonds. The van der Waals surface area contributed by atoms with Crippen LogP contribution in [0.3, 0.4) is 0 Å². The molecule has 0 aromatic heterocycles. The van der Waals surface area contributed by atoms with E-state index in [1.54, 1.807) is 0 Å². The Labute approximate surface area is 139 Å². The Morgan fingerprint density at radius 3 is 1.62 bits per heavy atom. The van der Waals surface area contributed by atoms with Crippen molar-refractivity contribution in [3.05, 3.63) is 0 Å². The fourth-order valence-electron chi connectivity index (χ4n) is 1.45. The van der Waals surface area contributed by atoms with Crippen molar-refractivity contribution in [1.82, 2.24) is 4.72 Å². The maximum atomic E-state index is 15.0. The van der Waals surface area contributed by atoms with Crippen LogP contribution in [0.15, 0.2) is 0 Å². The van der Waals surface area contributed by atoms with Gasteiger partial charge in [-0.2, -0.15) is 13.2 Å². The fraction of sp³-hybridized carbons (Fsp3) is 0.846. The van der Waals surface area contributed by atoms with Crippen molar-refractivity contribution in [1.29, 1.82) is 0 Å². The first-order valence-electron chi connectivity index (χ1n) is 7.00. The molecule has 1 N–H and O–H groups in total. The molecule has 0 bridgehead atoms. The smallest absolute Gasteiger partial charge is 0.409 e. The molecule has 0 fully saturated rings. The summed E-state index contributed by atoms with van der Waals surface area (Å²) in [7, 11) is -2.43. The minimum Gasteiger partial charge on any atom is -0.463 e. The molecule has 0 saturated heterocycles. The molecule has 0 radical (unpaired) electrons. The van der Waals surface area contributed by atoms with Gasteiger partial charge in [-0.15, -0.1) is 0 Å². The zero-order chi connectivity index (χ0) is 19.3. The molecule has 1 unspecified atom stereocenters. The molecule has 0 aromatic carbocycles. The molecule has 142 valence electrons. The van der Waals surface area contributed by atoms with Crippen LogP contribution in [0.4, 0.5) is 17.6 Å². The van der Waals surface area contributed by atoms with Gasteiger partial charge in [-0.1, -0.05) is 0 Å². The Kier molecular flexibility index (Phi) is 7.81. The van der Waals surface area contributed by atoms with E-state index in [0.717, 1.165) is 0 Å². The minimum atomic E-state index is -5.42. The summed E-state index contributed by atoms with van der Waals surface area (Å²) >= 11 is 0. The molecule has 6 nitrogen and oxygen atoms in total. The summed E-state index contributed by atoms with van der Waals surface area (Å²) in [5, 5.41) is 0. The number of nitrogens with one attached hydrogen (secondary N) is 1. The van der Waals surface area contributed by atoms with Gasteiger partial charge in [-0.25, -0.2) is 22.9 Å². The van der Waals surface area contributed by atoms with Crippen LogP contribution in [0.1, 0.15) is 34.6 Å². The number of hydrogen-bond donors (Lipinski definition) is 1. The maximum absolute atomic E-state index is 15.0. The average Bonchev–Trinajstić information content (AvgIpc) is 2.41. The lowest BCUT2D eigenvalue weighted by Gasteiger charge is -2.33. The van der Waals surface area contributed by atoms with Crippen molar-refractivity contribution in [2.75, 3.05) is 13.2 Å². The van der Waals surface area contributed by atoms with Gasteiger partial charge in [-0.05, 0) is 34.6 Å². The van der Waals surface area contributed by atoms with Crippen molar-refractivity contribution >= 4 is 22.9 Å². The summed E-state index contributed by atoms with van der Waals surface area (Å²) in [5.41, 5.74) is -4.23. The van der Waals surface area contributed by atoms with Crippen molar-refractivity contribution in [2.24, 2.45) is 0 Å². The summed E-state index contributed by atoms with van der Waals surface area (Å²) in [6.07, 6.45) is -5.42. The molecule has 11 heteroatoms. The molecule has 0 aliphatic heterocycles. The molecule has 0 spiro atoms. The van der Waals surface area contributed by atoms with Gasteiger partial charge in [0.1, 0.15) is 0 Å². The zero-order valence-corrected chi connectivity index (χ0v) is 14.8. The highest BCUT2D eigenvalue weighted by Crippen LogP contribution is 2.34. The average molecular weight is 379 g/mol. The number of rotatable bonds is 7. The van der Waals surface area contributed by atoms with Gasteiger partial charge >= 0.3 is 23.8 Å². The van der Waals surface area contributed by atoms with E-state index in [2.05, 4.69) is 9.47 Å². The van der Waals surface area contributed by atoms with Crippen LogP contribution < -0.4 is 4.72 Å². The first kappa shape index (κ1) is 22.8. The topological polar surface area (TPSA) is 81.7 Å². The van der Waals surface area contributed by atoms with Gasteiger partial charge in [0.15, 0.2) is 6.04 Å². The first-order chi connectivity index (χ1) is 10.7. The molecular weight excluding hydrogens is 358 g/mol. The number of ether oxygens (including phenoxy) is 2. The number of hydrogen-bond acceptors (Lipinski definition) is 5. The summed E-state index contributed by atoms with van der Waals surface area (Å²) < 4.78 is 75.7. The molecule has 0 aliphatic carbocycles. The van der Waals surface area contributed by atoms with Gasteiger partial charge in [0, 0.05) is 0 Å². The van der Waals surface area contributed by atoms with E-state index in [0.29, 0.717) is 0 Å². The van der Waals surface area contributed by atoms with Crippen molar-refractivity contribution in [2.45, 2.75) is 57.3 Å². The quantitative estimate of drug-likeness (QED) is 0.414. The summed E-state index contributed by atoms with van der Waals surface area (Å²) in [6.45, 7) is 5.53. The minimum absolute atomic E-state index is 0.461. The molecule has 24 heavy (non-hydrogen) atoms. The predicted octanol–water partition coefficient (Wildman–Crippen LogP) is 1.80. The summed E-state index contributed by atoms with van der Waals surface area (Å²) in [6, 6.07) is -3.40. The number of carbonyl (C=O) groups excluding carboxylic acids is 2. The highest BCUT2D eigenvalue weighted by atomic mass is 32.2. The molecule has 0 saturated carbocycles. The van der Waals surface area contributed by atoms with Crippen LogP contribution >= 0.6 is 0 Å². The van der Waals surface area contributed by atoms with Crippen LogP contribution in [-0.2, 0) is 30.0 Å². The molecule has 2 atom stereocenters. The van der Waals surface area contributed by atoms with Gasteiger partial charge in [-0.3, -0.25) is 0 Å². The monoisotopic (exact) mass is 379 g/mol. The van der Waals surface area contributed by atoms with E-state index < -0.39 is 58.8 Å². The second kappa shape index (κ2) is 8.24. The third-order valence-corrected chi connectivity index (χ3v) is 4.21. The Hall–Kier alpha value is -1.23. The fourth-order valence-corrected chi connectivity index (χ4v) is 2.31. The first-order valence-corrected chi connectivity index (χ1v) is 8.15. The Morgan fingerprint density at radius 1 is 1.00 bits per heavy atom. The lowest BCUT2D eigenvalue weighted by Crippen LogP contribution is -2.66. The van der Waals surface area contributed by atoms with E-state index in [9.17, 15) is 31.4 Å². The van der Waals surface area contributed by atoms with Gasteiger partial charge in [0.2, 0.25) is 0 Å². The SMILES string of the molecule is CCOC(=O)C(F)(C(=O)OCC)[C@H](NS(=O)C(C)(C)C)C(F)(F)F. The molecular formula is C13H21F4NO5S. The van der Waals surface area contributed by atoms with Crippen molar-refractivity contribution < 1.29 is 40.8 Å². The third kappa shape index (κ3) is 5.40. The molecule has 0 heterocycles. The highest BCUT2D eigenvalue weighted by Gasteiger charge is 2.66. The largest absolute Gasteiger partial charge is 0.463 e. The molecule has 0 aliphatic rings. The maximum Gasteiger partial charge on any atom is 0.409 e. The zero-order valence-electron chi connectivity index (χ0n) is 14.0. The number of esters is 2. The van der Waals surface area contributed by atoms with Crippen LogP contribution in [0, 0.1) is 0 Å². The Bertz CT molecular complexity index is 472. The number of halogens is 4. The van der Waals surface area contributed by atoms with Crippen LogP contribution in [-0.4, -0.2) is 52.0 Å². The second-order valence-corrected chi connectivity index (χ2v) is 7.62. The van der Waals surface area contributed by atoms with E-state index >= 15 is 0 Å². The van der Waals surface area contributed by atoms with Crippen molar-refractivity contribution in [3.63, 3.8) is 0 Å². The van der Waals surface area contributed by atoms with Crippen LogP contribution in [0.25, 0.3) is 0 Å². The standard InChI is InChI=1S/C13H21F4NO5S/c1-6-22-9(19)12(14,10(20)23-7-2)8(13(15,16)17)18-24(21)11(3,4)5/h8,18H,6-7H2,1-5H3/t8-,24?/m0/s1. The summed E-state index contributed by atoms with van der Waals surface area (Å²) in [5.74, 6) is -4.13. The van der Waals surface area contributed by atoms with Gasteiger partial charge in [0.25, 0.3) is 0 Å². The normalized spacial score (nSPS) is 15.5.